The van der Waals surface area contributed by atoms with Crippen molar-refractivity contribution >= 4 is 0 Å². The number of benzene rings is 1. The Bertz CT molecular complexity index is 450. The van der Waals surface area contributed by atoms with Gasteiger partial charge in [-0.25, -0.2) is 0 Å². The van der Waals surface area contributed by atoms with Crippen LogP contribution < -0.4 is 14.8 Å². The molecule has 0 bridgehead atoms. The molecule has 1 saturated heterocycles. The standard InChI is InChI=1S/C17H28N2O2/c1-5-13-8-9-19(11-13)12-15(18-2)14-6-7-16(20-3)17(10-14)21-4/h6-7,10,13,15,18H,5,8-9,11-12H2,1-4H3. The van der Waals surface area contributed by atoms with Crippen molar-refractivity contribution in [1.29, 1.82) is 0 Å². The first-order valence-corrected chi connectivity index (χ1v) is 7.83. The molecule has 1 aliphatic rings. The summed E-state index contributed by atoms with van der Waals surface area (Å²) < 4.78 is 10.7. The van der Waals surface area contributed by atoms with Gasteiger partial charge >= 0.3 is 0 Å². The van der Waals surface area contributed by atoms with Gasteiger partial charge in [0.1, 0.15) is 0 Å². The van der Waals surface area contributed by atoms with Crippen molar-refractivity contribution < 1.29 is 9.47 Å². The van der Waals surface area contributed by atoms with Gasteiger partial charge in [-0.3, -0.25) is 0 Å². The van der Waals surface area contributed by atoms with Crippen LogP contribution in [0.2, 0.25) is 0 Å². The largest absolute Gasteiger partial charge is 0.493 e. The van der Waals surface area contributed by atoms with E-state index >= 15 is 0 Å². The number of nitrogens with zero attached hydrogens (tertiary/aromatic N) is 1. The molecule has 1 fully saturated rings. The van der Waals surface area contributed by atoms with E-state index < -0.39 is 0 Å². The topological polar surface area (TPSA) is 33.7 Å². The second kappa shape index (κ2) is 7.66. The molecule has 2 atom stereocenters. The fourth-order valence-corrected chi connectivity index (χ4v) is 3.10. The molecule has 1 N–H and O–H groups in total. The SMILES string of the molecule is CCC1CCN(CC(NC)c2ccc(OC)c(OC)c2)C1. The lowest BCUT2D eigenvalue weighted by atomic mass is 10.1. The molecular weight excluding hydrogens is 264 g/mol. The molecule has 1 heterocycles. The molecule has 0 saturated carbocycles. The summed E-state index contributed by atoms with van der Waals surface area (Å²) in [6, 6.07) is 6.50. The average molecular weight is 292 g/mol. The Kier molecular flexibility index (Phi) is 5.88. The second-order valence-corrected chi connectivity index (χ2v) is 5.78. The molecule has 0 aliphatic carbocycles. The van der Waals surface area contributed by atoms with Gasteiger partial charge in [0.2, 0.25) is 0 Å². The summed E-state index contributed by atoms with van der Waals surface area (Å²) in [6.07, 6.45) is 2.62. The maximum absolute atomic E-state index is 5.41. The normalized spacial score (nSPS) is 20.5. The van der Waals surface area contributed by atoms with Gasteiger partial charge in [0.15, 0.2) is 11.5 Å². The number of likely N-dealkylation sites (N-methyl/N-ethyl adjacent to an activating group) is 1. The van der Waals surface area contributed by atoms with E-state index in [4.69, 9.17) is 9.47 Å². The van der Waals surface area contributed by atoms with Gasteiger partial charge in [0.05, 0.1) is 14.2 Å². The predicted octanol–water partition coefficient (Wildman–Crippen LogP) is 2.70. The molecule has 1 aliphatic heterocycles. The van der Waals surface area contributed by atoms with Crippen molar-refractivity contribution in [2.45, 2.75) is 25.8 Å². The number of likely N-dealkylation sites (tertiary alicyclic amines) is 1. The minimum Gasteiger partial charge on any atom is -0.493 e. The van der Waals surface area contributed by atoms with E-state index in [0.717, 1.165) is 24.0 Å². The fourth-order valence-electron chi connectivity index (χ4n) is 3.10. The summed E-state index contributed by atoms with van der Waals surface area (Å²) in [5.74, 6) is 2.44. The van der Waals surface area contributed by atoms with Gasteiger partial charge < -0.3 is 19.7 Å². The van der Waals surface area contributed by atoms with Crippen molar-refractivity contribution in [2.75, 3.05) is 40.9 Å². The Hall–Kier alpha value is -1.26. The van der Waals surface area contributed by atoms with Crippen molar-refractivity contribution in [3.8, 4) is 11.5 Å². The van der Waals surface area contributed by atoms with Crippen LogP contribution in [0.3, 0.4) is 0 Å². The number of hydrogen-bond donors (Lipinski definition) is 1. The first-order chi connectivity index (χ1) is 10.2. The van der Waals surface area contributed by atoms with Crippen LogP contribution in [0.15, 0.2) is 18.2 Å². The molecule has 0 spiro atoms. The minimum absolute atomic E-state index is 0.320. The summed E-state index contributed by atoms with van der Waals surface area (Å²) >= 11 is 0. The molecule has 21 heavy (non-hydrogen) atoms. The summed E-state index contributed by atoms with van der Waals surface area (Å²) in [5.41, 5.74) is 1.25. The Balaban J connectivity index is 2.07. The Labute approximate surface area is 128 Å². The third kappa shape index (κ3) is 3.89. The van der Waals surface area contributed by atoms with E-state index in [9.17, 15) is 0 Å². The number of nitrogens with one attached hydrogen (secondary N) is 1. The van der Waals surface area contributed by atoms with E-state index in [1.54, 1.807) is 14.2 Å². The summed E-state index contributed by atoms with van der Waals surface area (Å²) in [7, 11) is 5.37. The van der Waals surface area contributed by atoms with Crippen LogP contribution in [0, 0.1) is 5.92 Å². The van der Waals surface area contributed by atoms with E-state index in [0.29, 0.717) is 6.04 Å². The number of hydrogen-bond acceptors (Lipinski definition) is 4. The zero-order valence-electron chi connectivity index (χ0n) is 13.7. The van der Waals surface area contributed by atoms with Crippen LogP contribution in [0.25, 0.3) is 0 Å². The van der Waals surface area contributed by atoms with Gasteiger partial charge in [0.25, 0.3) is 0 Å². The quantitative estimate of drug-likeness (QED) is 0.838. The number of rotatable bonds is 7. The second-order valence-electron chi connectivity index (χ2n) is 5.78. The molecule has 1 aromatic rings. The lowest BCUT2D eigenvalue weighted by Crippen LogP contribution is -2.32. The van der Waals surface area contributed by atoms with Crippen LogP contribution in [-0.4, -0.2) is 45.8 Å². The highest BCUT2D eigenvalue weighted by Gasteiger charge is 2.24. The molecule has 0 amide bonds. The summed E-state index contributed by atoms with van der Waals surface area (Å²) in [6.45, 7) is 5.77. The van der Waals surface area contributed by atoms with Gasteiger partial charge in [-0.1, -0.05) is 19.4 Å². The molecule has 4 heteroatoms. The zero-order valence-corrected chi connectivity index (χ0v) is 13.7. The number of methoxy groups -OCH3 is 2. The van der Waals surface area contributed by atoms with E-state index in [-0.39, 0.29) is 0 Å². The van der Waals surface area contributed by atoms with Crippen LogP contribution in [0.1, 0.15) is 31.4 Å². The first-order valence-electron chi connectivity index (χ1n) is 7.83. The van der Waals surface area contributed by atoms with Crippen molar-refractivity contribution in [2.24, 2.45) is 5.92 Å². The summed E-state index contributed by atoms with van der Waals surface area (Å²) in [5, 5.41) is 3.43. The van der Waals surface area contributed by atoms with Gasteiger partial charge in [-0.05, 0) is 43.6 Å². The lowest BCUT2D eigenvalue weighted by molar-refractivity contribution is 0.286. The van der Waals surface area contributed by atoms with Crippen LogP contribution in [0.5, 0.6) is 11.5 Å². The predicted molar refractivity (Wildman–Crippen MR) is 86.2 cm³/mol. The molecule has 2 rings (SSSR count). The Morgan fingerprint density at radius 1 is 1.29 bits per heavy atom. The highest BCUT2D eigenvalue weighted by Crippen LogP contribution is 2.31. The third-order valence-corrected chi connectivity index (χ3v) is 4.55. The molecule has 4 nitrogen and oxygen atoms in total. The smallest absolute Gasteiger partial charge is 0.161 e. The first kappa shape index (κ1) is 16.1. The van der Waals surface area contributed by atoms with Crippen molar-refractivity contribution in [3.05, 3.63) is 23.8 Å². The Morgan fingerprint density at radius 3 is 2.62 bits per heavy atom. The molecule has 0 aromatic heterocycles. The zero-order chi connectivity index (χ0) is 15.2. The van der Waals surface area contributed by atoms with Crippen LogP contribution in [0.4, 0.5) is 0 Å². The van der Waals surface area contributed by atoms with E-state index in [2.05, 4.69) is 29.3 Å². The lowest BCUT2D eigenvalue weighted by Gasteiger charge is -2.24. The average Bonchev–Trinajstić information content (AvgIpc) is 2.99. The molecule has 0 radical (unpaired) electrons. The third-order valence-electron chi connectivity index (χ3n) is 4.55. The molecule has 118 valence electrons. The Morgan fingerprint density at radius 2 is 2.05 bits per heavy atom. The van der Waals surface area contributed by atoms with Crippen LogP contribution in [-0.2, 0) is 0 Å². The van der Waals surface area contributed by atoms with Crippen molar-refractivity contribution in [3.63, 3.8) is 0 Å². The highest BCUT2D eigenvalue weighted by atomic mass is 16.5. The monoisotopic (exact) mass is 292 g/mol. The number of ether oxygens (including phenoxy) is 2. The van der Waals surface area contributed by atoms with Crippen LogP contribution >= 0.6 is 0 Å². The van der Waals surface area contributed by atoms with E-state index in [1.807, 2.05) is 13.1 Å². The fraction of sp³-hybridized carbons (Fsp3) is 0.647. The van der Waals surface area contributed by atoms with E-state index in [1.165, 1.54) is 31.5 Å². The molecule has 1 aromatic carbocycles. The maximum atomic E-state index is 5.41. The van der Waals surface area contributed by atoms with Gasteiger partial charge in [-0.15, -0.1) is 0 Å². The molecule has 2 unspecified atom stereocenters. The summed E-state index contributed by atoms with van der Waals surface area (Å²) in [4.78, 5) is 2.56. The minimum atomic E-state index is 0.320. The highest BCUT2D eigenvalue weighted by molar-refractivity contribution is 5.43. The molecular formula is C17H28N2O2. The van der Waals surface area contributed by atoms with Gasteiger partial charge in [-0.2, -0.15) is 0 Å². The maximum Gasteiger partial charge on any atom is 0.161 e. The van der Waals surface area contributed by atoms with Crippen molar-refractivity contribution in [1.82, 2.24) is 10.2 Å². The van der Waals surface area contributed by atoms with Gasteiger partial charge in [0, 0.05) is 19.1 Å².